The fourth-order valence-electron chi connectivity index (χ4n) is 6.08. The van der Waals surface area contributed by atoms with Crippen molar-refractivity contribution in [3.63, 3.8) is 0 Å². The van der Waals surface area contributed by atoms with E-state index < -0.39 is 5.41 Å². The van der Waals surface area contributed by atoms with Crippen LogP contribution >= 0.6 is 0 Å². The first-order valence-corrected chi connectivity index (χ1v) is 13.8. The van der Waals surface area contributed by atoms with Gasteiger partial charge in [-0.2, -0.15) is 0 Å². The number of nitrogens with zero attached hydrogens (tertiary/aromatic N) is 1. The number of benzene rings is 3. The van der Waals surface area contributed by atoms with Crippen molar-refractivity contribution in [3.8, 4) is 11.5 Å². The van der Waals surface area contributed by atoms with Gasteiger partial charge in [0.15, 0.2) is 0 Å². The molecule has 1 spiro atoms. The number of fused-ring (bicyclic) bond motifs is 5. The lowest BCUT2D eigenvalue weighted by atomic mass is 9.76. The zero-order valence-corrected chi connectivity index (χ0v) is 21.9. The zero-order valence-electron chi connectivity index (χ0n) is 21.9. The quantitative estimate of drug-likeness (QED) is 0.384. The topological polar surface area (TPSA) is 67.9 Å². The zero-order chi connectivity index (χ0) is 26.1. The molecule has 1 unspecified atom stereocenters. The standard InChI is InChI=1S/C32H34N2O4/c1-2-3-4-5-10-16-33-30(35)24-12-7-6-11-23(24)20-34-27-14-9-8-13-25(27)32(31(34)36)21-38-29-19-28-22(15-17-37-28)18-26(29)32/h6-9,11-14,18-19H,2-5,10,15-17,20-21H2,1H3,(H,33,35). The molecule has 3 aromatic carbocycles. The van der Waals surface area contributed by atoms with Crippen LogP contribution in [0.15, 0.2) is 60.7 Å². The van der Waals surface area contributed by atoms with Crippen LogP contribution in [0.2, 0.25) is 0 Å². The van der Waals surface area contributed by atoms with Gasteiger partial charge in [-0.1, -0.05) is 69.0 Å². The fraction of sp³-hybridized carbons (Fsp3) is 0.375. The molecule has 0 fully saturated rings. The minimum Gasteiger partial charge on any atom is -0.493 e. The van der Waals surface area contributed by atoms with Crippen LogP contribution in [0.4, 0.5) is 5.69 Å². The average Bonchev–Trinajstić information content (AvgIpc) is 3.62. The number of anilines is 1. The Labute approximate surface area is 223 Å². The third-order valence-corrected chi connectivity index (χ3v) is 8.12. The average molecular weight is 511 g/mol. The molecule has 2 amide bonds. The van der Waals surface area contributed by atoms with E-state index in [0.717, 1.165) is 58.7 Å². The molecule has 0 saturated carbocycles. The summed E-state index contributed by atoms with van der Waals surface area (Å²) in [5, 5.41) is 3.08. The summed E-state index contributed by atoms with van der Waals surface area (Å²) in [6.45, 7) is 4.09. The van der Waals surface area contributed by atoms with Crippen LogP contribution in [0.3, 0.4) is 0 Å². The second-order valence-electron chi connectivity index (χ2n) is 10.5. The van der Waals surface area contributed by atoms with Gasteiger partial charge in [0.25, 0.3) is 5.91 Å². The fourth-order valence-corrected chi connectivity index (χ4v) is 6.08. The maximum absolute atomic E-state index is 14.3. The van der Waals surface area contributed by atoms with E-state index in [-0.39, 0.29) is 18.4 Å². The van der Waals surface area contributed by atoms with Gasteiger partial charge in [-0.15, -0.1) is 0 Å². The number of ether oxygens (including phenoxy) is 2. The second kappa shape index (κ2) is 10.2. The van der Waals surface area contributed by atoms with E-state index in [1.807, 2.05) is 59.5 Å². The lowest BCUT2D eigenvalue weighted by molar-refractivity contribution is -0.122. The number of nitrogens with one attached hydrogen (secondary N) is 1. The number of para-hydroxylation sites is 1. The largest absolute Gasteiger partial charge is 0.493 e. The highest BCUT2D eigenvalue weighted by atomic mass is 16.5. The van der Waals surface area contributed by atoms with Crippen molar-refractivity contribution in [2.75, 3.05) is 24.7 Å². The first kappa shape index (κ1) is 24.5. The predicted octanol–water partition coefficient (Wildman–Crippen LogP) is 5.55. The predicted molar refractivity (Wildman–Crippen MR) is 147 cm³/mol. The van der Waals surface area contributed by atoms with Crippen LogP contribution in [0, 0.1) is 0 Å². The van der Waals surface area contributed by atoms with Crippen LogP contribution in [-0.2, 0) is 23.2 Å². The van der Waals surface area contributed by atoms with E-state index in [9.17, 15) is 9.59 Å². The normalized spacial score (nSPS) is 18.7. The molecule has 3 aliphatic rings. The van der Waals surface area contributed by atoms with Gasteiger partial charge in [-0.25, -0.2) is 0 Å². The van der Waals surface area contributed by atoms with Gasteiger partial charge in [-0.3, -0.25) is 9.59 Å². The molecule has 6 nitrogen and oxygen atoms in total. The van der Waals surface area contributed by atoms with Crippen molar-refractivity contribution >= 4 is 17.5 Å². The molecule has 1 atom stereocenters. The third kappa shape index (κ3) is 4.03. The molecule has 0 aromatic heterocycles. The van der Waals surface area contributed by atoms with Crippen molar-refractivity contribution in [2.45, 2.75) is 57.4 Å². The summed E-state index contributed by atoms with van der Waals surface area (Å²) in [4.78, 5) is 29.3. The Kier molecular flexibility index (Phi) is 6.56. The number of unbranched alkanes of at least 4 members (excludes halogenated alkanes) is 4. The SMILES string of the molecule is CCCCCCCNC(=O)c1ccccc1CN1C(=O)C2(COc3cc4c(cc32)CCO4)c2ccccc21. The summed E-state index contributed by atoms with van der Waals surface area (Å²) in [6, 6.07) is 19.6. The van der Waals surface area contributed by atoms with E-state index in [1.54, 1.807) is 0 Å². The molecule has 0 radical (unpaired) electrons. The molecule has 3 heterocycles. The van der Waals surface area contributed by atoms with Crippen molar-refractivity contribution in [1.29, 1.82) is 0 Å². The monoisotopic (exact) mass is 510 g/mol. The highest BCUT2D eigenvalue weighted by molar-refractivity contribution is 6.11. The summed E-state index contributed by atoms with van der Waals surface area (Å²) >= 11 is 0. The molecule has 0 saturated heterocycles. The van der Waals surface area contributed by atoms with Gasteiger partial charge >= 0.3 is 0 Å². The molecular formula is C32H34N2O4. The Morgan fingerprint density at radius 3 is 2.66 bits per heavy atom. The Balaban J connectivity index is 1.28. The Morgan fingerprint density at radius 1 is 0.947 bits per heavy atom. The summed E-state index contributed by atoms with van der Waals surface area (Å²) < 4.78 is 11.9. The Morgan fingerprint density at radius 2 is 1.76 bits per heavy atom. The number of carbonyl (C=O) groups is 2. The number of carbonyl (C=O) groups excluding carboxylic acids is 2. The number of rotatable bonds is 9. The molecule has 38 heavy (non-hydrogen) atoms. The van der Waals surface area contributed by atoms with Crippen molar-refractivity contribution in [1.82, 2.24) is 5.32 Å². The molecule has 6 rings (SSSR count). The van der Waals surface area contributed by atoms with Crippen LogP contribution in [0.25, 0.3) is 0 Å². The van der Waals surface area contributed by atoms with Gasteiger partial charge in [-0.05, 0) is 41.3 Å². The van der Waals surface area contributed by atoms with Crippen LogP contribution in [0.1, 0.15) is 71.6 Å². The number of amides is 2. The minimum absolute atomic E-state index is 0.0116. The lowest BCUT2D eigenvalue weighted by Crippen LogP contribution is -2.42. The smallest absolute Gasteiger partial charge is 0.251 e. The lowest BCUT2D eigenvalue weighted by Gasteiger charge is -2.24. The second-order valence-corrected chi connectivity index (χ2v) is 10.5. The van der Waals surface area contributed by atoms with Crippen molar-refractivity contribution in [2.24, 2.45) is 0 Å². The Hall–Kier alpha value is -3.80. The van der Waals surface area contributed by atoms with Crippen molar-refractivity contribution in [3.05, 3.63) is 88.5 Å². The van der Waals surface area contributed by atoms with Crippen LogP contribution in [0.5, 0.6) is 11.5 Å². The van der Waals surface area contributed by atoms with E-state index in [0.29, 0.717) is 25.3 Å². The summed E-state index contributed by atoms with van der Waals surface area (Å²) in [6.07, 6.45) is 6.56. The first-order valence-electron chi connectivity index (χ1n) is 13.8. The molecule has 3 aromatic rings. The highest BCUT2D eigenvalue weighted by Gasteiger charge is 2.57. The molecular weight excluding hydrogens is 476 g/mol. The molecule has 196 valence electrons. The summed E-state index contributed by atoms with van der Waals surface area (Å²) in [7, 11) is 0. The minimum atomic E-state index is -0.890. The van der Waals surface area contributed by atoms with Crippen LogP contribution < -0.4 is 19.7 Å². The van der Waals surface area contributed by atoms with E-state index in [2.05, 4.69) is 18.3 Å². The van der Waals surface area contributed by atoms with Crippen LogP contribution in [-0.4, -0.2) is 31.6 Å². The van der Waals surface area contributed by atoms with Gasteiger partial charge in [0, 0.05) is 35.8 Å². The third-order valence-electron chi connectivity index (χ3n) is 8.12. The summed E-state index contributed by atoms with van der Waals surface area (Å²) in [5.41, 5.74) is 4.42. The van der Waals surface area contributed by atoms with Gasteiger partial charge < -0.3 is 19.7 Å². The number of hydrogen-bond donors (Lipinski definition) is 1. The molecule has 0 aliphatic carbocycles. The highest BCUT2D eigenvalue weighted by Crippen LogP contribution is 2.54. The van der Waals surface area contributed by atoms with E-state index in [1.165, 1.54) is 19.3 Å². The maximum atomic E-state index is 14.3. The molecule has 6 heteroatoms. The van der Waals surface area contributed by atoms with Crippen molar-refractivity contribution < 1.29 is 19.1 Å². The molecule has 0 bridgehead atoms. The van der Waals surface area contributed by atoms with Gasteiger partial charge in [0.05, 0.1) is 13.2 Å². The maximum Gasteiger partial charge on any atom is 0.251 e. The molecule has 3 aliphatic heterocycles. The van der Waals surface area contributed by atoms with Gasteiger partial charge in [0.2, 0.25) is 5.91 Å². The number of hydrogen-bond acceptors (Lipinski definition) is 4. The first-order chi connectivity index (χ1) is 18.6. The van der Waals surface area contributed by atoms with Gasteiger partial charge in [0.1, 0.15) is 23.5 Å². The van der Waals surface area contributed by atoms with E-state index in [4.69, 9.17) is 9.47 Å². The summed E-state index contributed by atoms with van der Waals surface area (Å²) in [5.74, 6) is 1.47. The van der Waals surface area contributed by atoms with E-state index >= 15 is 0 Å². The molecule has 1 N–H and O–H groups in total. The Bertz CT molecular complexity index is 1380.